The number of aromatic nitrogens is 3. The normalized spacial score (nSPS) is 14.2. The number of carbonyl (C=O) groups is 1. The van der Waals surface area contributed by atoms with E-state index in [-0.39, 0.29) is 16.3 Å². The average molecular weight is 396 g/mol. The number of hydrogen-bond donors (Lipinski definition) is 2. The zero-order chi connectivity index (χ0) is 19.1. The molecule has 1 aliphatic rings. The number of nitrogens with zero attached hydrogens (tertiary/aromatic N) is 3. The van der Waals surface area contributed by atoms with E-state index in [1.165, 1.54) is 12.1 Å². The molecule has 0 fully saturated rings. The summed E-state index contributed by atoms with van der Waals surface area (Å²) in [5.74, 6) is -0.320. The number of hydrogen-bond acceptors (Lipinski definition) is 7. The van der Waals surface area contributed by atoms with E-state index < -0.39 is 15.0 Å². The third-order valence-electron chi connectivity index (χ3n) is 3.95. The van der Waals surface area contributed by atoms with Gasteiger partial charge >= 0.3 is 0 Å². The molecule has 0 unspecified atom stereocenters. The number of fused-ring (bicyclic) bond motifs is 1. The van der Waals surface area contributed by atoms with Gasteiger partial charge < -0.3 is 10.6 Å². The van der Waals surface area contributed by atoms with Crippen LogP contribution in [0.25, 0.3) is 0 Å². The summed E-state index contributed by atoms with van der Waals surface area (Å²) in [7, 11) is 1.24. The van der Waals surface area contributed by atoms with E-state index in [1.54, 1.807) is 0 Å². The van der Waals surface area contributed by atoms with E-state index in [2.05, 4.69) is 25.8 Å². The highest BCUT2D eigenvalue weighted by Gasteiger charge is 2.27. The number of rotatable bonds is 3. The number of nitrogens with one attached hydrogen (secondary N) is 2. The Kier molecular flexibility index (Phi) is 4.72. The van der Waals surface area contributed by atoms with Crippen LogP contribution >= 0.6 is 10.7 Å². The van der Waals surface area contributed by atoms with Gasteiger partial charge in [0.1, 0.15) is 5.69 Å². The van der Waals surface area contributed by atoms with Gasteiger partial charge in [0.2, 0.25) is 0 Å². The maximum Gasteiger partial charge on any atom is 0.280 e. The molecule has 0 aromatic carbocycles. The van der Waals surface area contributed by atoms with Gasteiger partial charge in [0.15, 0.2) is 10.8 Å². The summed E-state index contributed by atoms with van der Waals surface area (Å²) in [5.41, 5.74) is 2.79. The molecule has 2 N–H and O–H groups in total. The lowest BCUT2D eigenvalue weighted by molar-refractivity contribution is 0.101. The van der Waals surface area contributed by atoms with Crippen LogP contribution in [0.2, 0.25) is 0 Å². The minimum Gasteiger partial charge on any atom is -0.307 e. The smallest absolute Gasteiger partial charge is 0.280 e. The lowest BCUT2D eigenvalue weighted by Gasteiger charge is -2.22. The lowest BCUT2D eigenvalue weighted by atomic mass is 9.84. The molecule has 0 saturated carbocycles. The van der Waals surface area contributed by atoms with Gasteiger partial charge in [-0.05, 0) is 34.7 Å². The lowest BCUT2D eigenvalue weighted by Crippen LogP contribution is -2.24. The zero-order valence-electron chi connectivity index (χ0n) is 14.5. The second-order valence-electron chi connectivity index (χ2n) is 6.99. The molecule has 8 nitrogen and oxygen atoms in total. The van der Waals surface area contributed by atoms with Crippen LogP contribution in [0.3, 0.4) is 0 Å². The molecular weight excluding hydrogens is 378 g/mol. The van der Waals surface area contributed by atoms with E-state index in [0.717, 1.165) is 23.4 Å². The van der Waals surface area contributed by atoms with E-state index in [0.29, 0.717) is 12.2 Å². The van der Waals surface area contributed by atoms with Crippen LogP contribution in [0.4, 0.5) is 5.82 Å². The van der Waals surface area contributed by atoms with Crippen LogP contribution in [-0.2, 0) is 27.6 Å². The third kappa shape index (κ3) is 3.84. The van der Waals surface area contributed by atoms with E-state index in [4.69, 9.17) is 10.7 Å². The van der Waals surface area contributed by atoms with Crippen molar-refractivity contribution in [2.45, 2.75) is 44.3 Å². The fraction of sp³-hybridized carbons (Fsp3) is 0.375. The third-order valence-corrected chi connectivity index (χ3v) is 5.15. The first kappa shape index (κ1) is 18.7. The SMILES string of the molecule is CC(C)(C)c1cc2c(nc1C(=O)Nc1ccc(S(=O)(=O)Cl)nn1)CNC2. The summed E-state index contributed by atoms with van der Waals surface area (Å²) in [6.45, 7) is 7.37. The molecule has 0 saturated heterocycles. The Morgan fingerprint density at radius 1 is 1.23 bits per heavy atom. The van der Waals surface area contributed by atoms with Gasteiger partial charge in [0.05, 0.1) is 5.69 Å². The minimum atomic E-state index is -3.97. The first-order valence-corrected chi connectivity index (χ1v) is 10.2. The van der Waals surface area contributed by atoms with Gasteiger partial charge in [-0.1, -0.05) is 20.8 Å². The fourth-order valence-electron chi connectivity index (χ4n) is 2.65. The summed E-state index contributed by atoms with van der Waals surface area (Å²) in [4.78, 5) is 17.3. The predicted octanol–water partition coefficient (Wildman–Crippen LogP) is 1.95. The number of halogens is 1. The Bertz CT molecular complexity index is 969. The van der Waals surface area contributed by atoms with Crippen molar-refractivity contribution in [3.8, 4) is 0 Å². The van der Waals surface area contributed by atoms with E-state index in [1.807, 2.05) is 26.8 Å². The van der Waals surface area contributed by atoms with Crippen molar-refractivity contribution in [1.29, 1.82) is 0 Å². The molecular formula is C16H18ClN5O3S. The molecule has 1 aliphatic heterocycles. The number of anilines is 1. The van der Waals surface area contributed by atoms with Crippen LogP contribution in [0, 0.1) is 0 Å². The summed E-state index contributed by atoms with van der Waals surface area (Å²) in [6.07, 6.45) is 0. The van der Waals surface area contributed by atoms with Gasteiger partial charge in [-0.3, -0.25) is 4.79 Å². The molecule has 0 bridgehead atoms. The number of carbonyl (C=O) groups excluding carboxylic acids is 1. The van der Waals surface area contributed by atoms with Gasteiger partial charge in [-0.25, -0.2) is 13.4 Å². The molecule has 3 heterocycles. The topological polar surface area (TPSA) is 114 Å². The Balaban J connectivity index is 1.93. The summed E-state index contributed by atoms with van der Waals surface area (Å²) >= 11 is 0. The second-order valence-corrected chi connectivity index (χ2v) is 9.51. The minimum absolute atomic E-state index is 0.111. The predicted molar refractivity (Wildman–Crippen MR) is 96.5 cm³/mol. The Morgan fingerprint density at radius 3 is 2.54 bits per heavy atom. The largest absolute Gasteiger partial charge is 0.307 e. The van der Waals surface area contributed by atoms with Crippen molar-refractivity contribution in [1.82, 2.24) is 20.5 Å². The van der Waals surface area contributed by atoms with Crippen LogP contribution in [0.1, 0.15) is 48.1 Å². The molecule has 0 aliphatic carbocycles. The highest BCUT2D eigenvalue weighted by Crippen LogP contribution is 2.29. The first-order valence-electron chi connectivity index (χ1n) is 7.89. The molecule has 3 rings (SSSR count). The molecule has 26 heavy (non-hydrogen) atoms. The molecule has 138 valence electrons. The Morgan fingerprint density at radius 2 is 1.96 bits per heavy atom. The number of amides is 1. The molecule has 2 aromatic heterocycles. The van der Waals surface area contributed by atoms with Crippen LogP contribution < -0.4 is 10.6 Å². The van der Waals surface area contributed by atoms with Gasteiger partial charge in [0, 0.05) is 23.8 Å². The molecule has 0 atom stereocenters. The average Bonchev–Trinajstić information content (AvgIpc) is 3.00. The maximum atomic E-state index is 12.8. The van der Waals surface area contributed by atoms with Crippen LogP contribution in [0.15, 0.2) is 23.2 Å². The van der Waals surface area contributed by atoms with Crippen LogP contribution in [0.5, 0.6) is 0 Å². The van der Waals surface area contributed by atoms with Crippen molar-refractivity contribution in [2.24, 2.45) is 0 Å². The Labute approximate surface area is 155 Å². The standard InChI is InChI=1S/C16H18ClN5O3S/c1-16(2,3)10-6-9-7-18-8-11(9)19-14(10)15(23)20-12-4-5-13(22-21-12)26(17,24)25/h4-6,18H,7-8H2,1-3H3,(H,20,21,23). The number of pyridine rings is 1. The second kappa shape index (κ2) is 6.57. The van der Waals surface area contributed by atoms with Crippen molar-refractivity contribution < 1.29 is 13.2 Å². The van der Waals surface area contributed by atoms with Gasteiger partial charge in [0.25, 0.3) is 15.0 Å². The highest BCUT2D eigenvalue weighted by molar-refractivity contribution is 8.13. The van der Waals surface area contributed by atoms with Crippen molar-refractivity contribution in [3.05, 3.63) is 40.7 Å². The van der Waals surface area contributed by atoms with Crippen molar-refractivity contribution >= 4 is 31.5 Å². The monoisotopic (exact) mass is 395 g/mol. The first-order chi connectivity index (χ1) is 12.1. The molecule has 1 amide bonds. The van der Waals surface area contributed by atoms with Crippen molar-refractivity contribution in [2.75, 3.05) is 5.32 Å². The molecule has 0 radical (unpaired) electrons. The molecule has 0 spiro atoms. The quantitative estimate of drug-likeness (QED) is 0.763. The maximum absolute atomic E-state index is 12.8. The Hall–Kier alpha value is -2.10. The summed E-state index contributed by atoms with van der Waals surface area (Å²) in [6, 6.07) is 4.51. The fourth-order valence-corrected chi connectivity index (χ4v) is 3.27. The van der Waals surface area contributed by atoms with Crippen molar-refractivity contribution in [3.63, 3.8) is 0 Å². The summed E-state index contributed by atoms with van der Waals surface area (Å²) in [5, 5.41) is 12.6. The summed E-state index contributed by atoms with van der Waals surface area (Å²) < 4.78 is 22.4. The van der Waals surface area contributed by atoms with Gasteiger partial charge in [-0.15, -0.1) is 10.2 Å². The van der Waals surface area contributed by atoms with Crippen LogP contribution in [-0.4, -0.2) is 29.5 Å². The molecule has 2 aromatic rings. The zero-order valence-corrected chi connectivity index (χ0v) is 16.1. The highest BCUT2D eigenvalue weighted by atomic mass is 35.7. The van der Waals surface area contributed by atoms with Gasteiger partial charge in [-0.2, -0.15) is 0 Å². The van der Waals surface area contributed by atoms with E-state index in [9.17, 15) is 13.2 Å². The van der Waals surface area contributed by atoms with E-state index >= 15 is 0 Å². The molecule has 10 heteroatoms.